The van der Waals surface area contributed by atoms with Gasteiger partial charge in [0.15, 0.2) is 0 Å². The normalized spacial score (nSPS) is 19.1. The molecule has 1 atom stereocenters. The Labute approximate surface area is 216 Å². The van der Waals surface area contributed by atoms with Crippen LogP contribution in [0.2, 0.25) is 10.0 Å². The van der Waals surface area contributed by atoms with Crippen LogP contribution < -0.4 is 5.32 Å². The molecular weight excluding hydrogens is 491 g/mol. The molecular formula is C25H32Cl2N4O4. The summed E-state index contributed by atoms with van der Waals surface area (Å²) in [6.45, 7) is 12.5. The summed E-state index contributed by atoms with van der Waals surface area (Å²) in [5, 5.41) is 3.61. The van der Waals surface area contributed by atoms with Crippen molar-refractivity contribution in [3.05, 3.63) is 57.7 Å². The third-order valence-electron chi connectivity index (χ3n) is 6.07. The van der Waals surface area contributed by atoms with Gasteiger partial charge in [-0.3, -0.25) is 14.6 Å². The fourth-order valence-electron chi connectivity index (χ4n) is 4.29. The van der Waals surface area contributed by atoms with Crippen LogP contribution in [0, 0.1) is 5.92 Å². The standard InChI is InChI=1S/C25H32Cl2N4O4/c1-5-9-31-20(15-29-10-12-30(13-11-29)23(32)16(3)4)21(24(33)35-6-2)22(28-25(31)34)17-7-8-18(26)19(27)14-17/h5,7-8,14,16,22H,1,6,9-13,15H2,2-4H3,(H,28,34). The molecule has 0 bridgehead atoms. The molecule has 8 nitrogen and oxygen atoms in total. The fourth-order valence-corrected chi connectivity index (χ4v) is 4.60. The van der Waals surface area contributed by atoms with Crippen molar-refractivity contribution in [1.29, 1.82) is 0 Å². The summed E-state index contributed by atoms with van der Waals surface area (Å²) in [4.78, 5) is 44.3. The van der Waals surface area contributed by atoms with Gasteiger partial charge in [0.1, 0.15) is 0 Å². The van der Waals surface area contributed by atoms with E-state index in [1.54, 1.807) is 31.2 Å². The molecule has 1 N–H and O–H groups in total. The van der Waals surface area contributed by atoms with Crippen molar-refractivity contribution in [3.63, 3.8) is 0 Å². The zero-order valence-corrected chi connectivity index (χ0v) is 21.9. The highest BCUT2D eigenvalue weighted by atomic mass is 35.5. The van der Waals surface area contributed by atoms with Gasteiger partial charge in [0.25, 0.3) is 0 Å². The van der Waals surface area contributed by atoms with E-state index >= 15 is 0 Å². The van der Waals surface area contributed by atoms with Gasteiger partial charge in [-0.2, -0.15) is 0 Å². The van der Waals surface area contributed by atoms with E-state index in [9.17, 15) is 14.4 Å². The zero-order chi connectivity index (χ0) is 25.7. The largest absolute Gasteiger partial charge is 0.463 e. The summed E-state index contributed by atoms with van der Waals surface area (Å²) in [6.07, 6.45) is 1.61. The van der Waals surface area contributed by atoms with E-state index in [0.29, 0.717) is 59.6 Å². The first-order valence-corrected chi connectivity index (χ1v) is 12.5. The number of hydrogen-bond donors (Lipinski definition) is 1. The van der Waals surface area contributed by atoms with Crippen LogP contribution in [0.15, 0.2) is 42.1 Å². The van der Waals surface area contributed by atoms with E-state index < -0.39 is 12.0 Å². The molecule has 2 aliphatic heterocycles. The molecule has 3 amide bonds. The molecule has 0 saturated carbocycles. The second-order valence-corrected chi connectivity index (χ2v) is 9.61. The zero-order valence-electron chi connectivity index (χ0n) is 20.4. The molecule has 10 heteroatoms. The molecule has 1 unspecified atom stereocenters. The number of carbonyl (C=O) groups excluding carboxylic acids is 3. The van der Waals surface area contributed by atoms with E-state index in [2.05, 4.69) is 16.8 Å². The van der Waals surface area contributed by atoms with Crippen LogP contribution in [-0.4, -0.2) is 78.5 Å². The van der Waals surface area contributed by atoms with Gasteiger partial charge in [0, 0.05) is 50.9 Å². The molecule has 2 heterocycles. The highest BCUT2D eigenvalue weighted by Crippen LogP contribution is 2.35. The van der Waals surface area contributed by atoms with Gasteiger partial charge in [0.05, 0.1) is 28.3 Å². The molecule has 35 heavy (non-hydrogen) atoms. The van der Waals surface area contributed by atoms with Gasteiger partial charge in [-0.15, -0.1) is 6.58 Å². The molecule has 0 spiro atoms. The van der Waals surface area contributed by atoms with Gasteiger partial charge in [0.2, 0.25) is 5.91 Å². The van der Waals surface area contributed by atoms with Crippen molar-refractivity contribution in [1.82, 2.24) is 20.0 Å². The molecule has 3 rings (SSSR count). The summed E-state index contributed by atoms with van der Waals surface area (Å²) in [5.41, 5.74) is 1.51. The summed E-state index contributed by atoms with van der Waals surface area (Å²) in [5.74, 6) is -0.445. The lowest BCUT2D eigenvalue weighted by Crippen LogP contribution is -2.54. The summed E-state index contributed by atoms with van der Waals surface area (Å²) in [6, 6.07) is 3.91. The summed E-state index contributed by atoms with van der Waals surface area (Å²) in [7, 11) is 0. The van der Waals surface area contributed by atoms with Crippen molar-refractivity contribution in [3.8, 4) is 0 Å². The molecule has 0 radical (unpaired) electrons. The minimum atomic E-state index is -0.754. The predicted molar refractivity (Wildman–Crippen MR) is 136 cm³/mol. The molecule has 1 aromatic rings. The quantitative estimate of drug-likeness (QED) is 0.414. The van der Waals surface area contributed by atoms with Crippen molar-refractivity contribution in [2.75, 3.05) is 45.9 Å². The number of carbonyl (C=O) groups is 3. The Bertz CT molecular complexity index is 1020. The maximum Gasteiger partial charge on any atom is 0.338 e. The predicted octanol–water partition coefficient (Wildman–Crippen LogP) is 3.86. The number of rotatable bonds is 8. The van der Waals surface area contributed by atoms with Crippen LogP contribution >= 0.6 is 23.2 Å². The fraction of sp³-hybridized carbons (Fsp3) is 0.480. The molecule has 190 valence electrons. The first-order valence-electron chi connectivity index (χ1n) is 11.7. The Kier molecular flexibility index (Phi) is 9.21. The molecule has 0 aromatic heterocycles. The first-order chi connectivity index (χ1) is 16.7. The van der Waals surface area contributed by atoms with Gasteiger partial charge in [-0.1, -0.05) is 49.2 Å². The van der Waals surface area contributed by atoms with E-state index in [1.165, 1.54) is 4.90 Å². The number of halogens is 2. The van der Waals surface area contributed by atoms with Gasteiger partial charge in [-0.05, 0) is 24.6 Å². The first kappa shape index (κ1) is 27.0. The van der Waals surface area contributed by atoms with Crippen LogP contribution in [0.25, 0.3) is 0 Å². The van der Waals surface area contributed by atoms with Crippen LogP contribution in [-0.2, 0) is 14.3 Å². The Morgan fingerprint density at radius 3 is 2.46 bits per heavy atom. The average molecular weight is 523 g/mol. The number of urea groups is 1. The summed E-state index contributed by atoms with van der Waals surface area (Å²) < 4.78 is 5.41. The Morgan fingerprint density at radius 2 is 1.89 bits per heavy atom. The minimum Gasteiger partial charge on any atom is -0.463 e. The topological polar surface area (TPSA) is 82.2 Å². The van der Waals surface area contributed by atoms with E-state index in [4.69, 9.17) is 27.9 Å². The lowest BCUT2D eigenvalue weighted by Gasteiger charge is -2.40. The minimum absolute atomic E-state index is 0.0586. The second kappa shape index (κ2) is 11.9. The summed E-state index contributed by atoms with van der Waals surface area (Å²) >= 11 is 12.3. The smallest absolute Gasteiger partial charge is 0.338 e. The van der Waals surface area contributed by atoms with Crippen LogP contribution in [0.1, 0.15) is 32.4 Å². The van der Waals surface area contributed by atoms with Crippen molar-refractivity contribution < 1.29 is 19.1 Å². The van der Waals surface area contributed by atoms with Gasteiger partial charge < -0.3 is 15.0 Å². The monoisotopic (exact) mass is 522 g/mol. The van der Waals surface area contributed by atoms with Crippen LogP contribution in [0.4, 0.5) is 4.79 Å². The third-order valence-corrected chi connectivity index (χ3v) is 6.81. The van der Waals surface area contributed by atoms with Crippen molar-refractivity contribution in [2.24, 2.45) is 5.92 Å². The highest BCUT2D eigenvalue weighted by molar-refractivity contribution is 6.42. The molecule has 1 fully saturated rings. The number of piperazine rings is 1. The maximum atomic E-state index is 13.2. The number of benzene rings is 1. The number of nitrogens with one attached hydrogen (secondary N) is 1. The second-order valence-electron chi connectivity index (χ2n) is 8.79. The van der Waals surface area contributed by atoms with Crippen LogP contribution in [0.3, 0.4) is 0 Å². The number of ether oxygens (including phenoxy) is 1. The van der Waals surface area contributed by atoms with Crippen LogP contribution in [0.5, 0.6) is 0 Å². The van der Waals surface area contributed by atoms with Gasteiger partial charge in [-0.25, -0.2) is 9.59 Å². The van der Waals surface area contributed by atoms with Crippen molar-refractivity contribution in [2.45, 2.75) is 26.8 Å². The lowest BCUT2D eigenvalue weighted by atomic mass is 9.94. The highest BCUT2D eigenvalue weighted by Gasteiger charge is 2.39. The number of esters is 1. The lowest BCUT2D eigenvalue weighted by molar-refractivity contribution is -0.139. The Balaban J connectivity index is 2.00. The van der Waals surface area contributed by atoms with E-state index in [-0.39, 0.29) is 31.0 Å². The molecule has 1 saturated heterocycles. The van der Waals surface area contributed by atoms with E-state index in [0.717, 1.165) is 0 Å². The Hall–Kier alpha value is -2.55. The van der Waals surface area contributed by atoms with Crippen molar-refractivity contribution >= 4 is 41.1 Å². The third kappa shape index (κ3) is 6.18. The number of nitrogens with zero attached hydrogens (tertiary/aromatic N) is 3. The molecule has 0 aliphatic carbocycles. The van der Waals surface area contributed by atoms with E-state index in [1.807, 2.05) is 18.7 Å². The number of hydrogen-bond acceptors (Lipinski definition) is 5. The molecule has 2 aliphatic rings. The maximum absolute atomic E-state index is 13.2. The van der Waals surface area contributed by atoms with Gasteiger partial charge >= 0.3 is 12.0 Å². The molecule has 1 aromatic carbocycles. The average Bonchev–Trinajstić information content (AvgIpc) is 2.83. The SMILES string of the molecule is C=CCN1C(=O)NC(c2ccc(Cl)c(Cl)c2)C(C(=O)OCC)=C1CN1CCN(C(=O)C(C)C)CC1. The Morgan fingerprint density at radius 1 is 1.20 bits per heavy atom. The number of amides is 3.